The minimum Gasteiger partial charge on any atom is -0.440 e. The third kappa shape index (κ3) is 2.12. The maximum absolute atomic E-state index is 5.60. The highest BCUT2D eigenvalue weighted by Crippen LogP contribution is 2.30. The Morgan fingerprint density at radius 2 is 2.38 bits per heavy atom. The van der Waals surface area contributed by atoms with Crippen LogP contribution >= 0.6 is 11.8 Å². The van der Waals surface area contributed by atoms with Gasteiger partial charge in [-0.3, -0.25) is 4.68 Å². The molecule has 0 saturated heterocycles. The third-order valence-electron chi connectivity index (χ3n) is 2.28. The minimum absolute atomic E-state index is 0.617. The number of aryl methyl sites for hydroxylation is 2. The van der Waals surface area contributed by atoms with Crippen molar-refractivity contribution in [2.45, 2.75) is 23.6 Å². The predicted octanol–water partition coefficient (Wildman–Crippen LogP) is 1.37. The summed E-state index contributed by atoms with van der Waals surface area (Å²) in [5.74, 6) is 0. The molecular weight excluding hydrogens is 224 g/mol. The summed E-state index contributed by atoms with van der Waals surface area (Å²) in [6.07, 6.45) is 4.02. The van der Waals surface area contributed by atoms with Crippen LogP contribution in [0.1, 0.15) is 11.3 Å². The van der Waals surface area contributed by atoms with Crippen molar-refractivity contribution in [1.82, 2.24) is 14.8 Å². The Balaban J connectivity index is 2.31. The van der Waals surface area contributed by atoms with E-state index in [1.165, 1.54) is 17.3 Å². The molecule has 2 heterocycles. The van der Waals surface area contributed by atoms with Crippen LogP contribution in [0.5, 0.6) is 0 Å². The minimum atomic E-state index is 0.617. The van der Waals surface area contributed by atoms with Gasteiger partial charge in [-0.2, -0.15) is 5.10 Å². The van der Waals surface area contributed by atoms with Gasteiger partial charge < -0.3 is 10.2 Å². The molecule has 0 saturated carbocycles. The van der Waals surface area contributed by atoms with Gasteiger partial charge in [0.15, 0.2) is 0 Å². The van der Waals surface area contributed by atoms with Crippen molar-refractivity contribution >= 4 is 11.8 Å². The standard InChI is InChI=1S/C10H14N4OS/c1-7-8(3-4-11)9(14(2)13-7)16-10-12-5-6-15-10/h5-6H,3-4,11H2,1-2H3. The van der Waals surface area contributed by atoms with Crippen molar-refractivity contribution in [3.8, 4) is 0 Å². The fraction of sp³-hybridized carbons (Fsp3) is 0.400. The number of rotatable bonds is 4. The molecule has 0 aliphatic carbocycles. The van der Waals surface area contributed by atoms with E-state index < -0.39 is 0 Å². The summed E-state index contributed by atoms with van der Waals surface area (Å²) < 4.78 is 7.06. The Labute approximate surface area is 98.0 Å². The molecule has 2 aromatic rings. The van der Waals surface area contributed by atoms with Crippen LogP contribution in [0, 0.1) is 6.92 Å². The van der Waals surface area contributed by atoms with Crippen molar-refractivity contribution < 1.29 is 4.42 Å². The number of hydrogen-bond donors (Lipinski definition) is 1. The Kier molecular flexibility index (Phi) is 3.31. The molecule has 2 N–H and O–H groups in total. The zero-order chi connectivity index (χ0) is 11.5. The van der Waals surface area contributed by atoms with Crippen LogP contribution in [-0.4, -0.2) is 21.3 Å². The molecule has 0 aromatic carbocycles. The molecule has 0 atom stereocenters. The second kappa shape index (κ2) is 4.71. The summed E-state index contributed by atoms with van der Waals surface area (Å²) in [6.45, 7) is 2.61. The molecule has 6 heteroatoms. The maximum Gasteiger partial charge on any atom is 0.261 e. The van der Waals surface area contributed by atoms with Crippen LogP contribution in [0.2, 0.25) is 0 Å². The molecule has 0 aliphatic rings. The molecular formula is C10H14N4OS. The van der Waals surface area contributed by atoms with Crippen LogP contribution in [0.4, 0.5) is 0 Å². The fourth-order valence-electron chi connectivity index (χ4n) is 1.58. The summed E-state index contributed by atoms with van der Waals surface area (Å²) >= 11 is 1.48. The van der Waals surface area contributed by atoms with Crippen molar-refractivity contribution in [3.63, 3.8) is 0 Å². The molecule has 0 fully saturated rings. The van der Waals surface area contributed by atoms with E-state index in [0.717, 1.165) is 17.1 Å². The van der Waals surface area contributed by atoms with E-state index in [4.69, 9.17) is 10.2 Å². The van der Waals surface area contributed by atoms with E-state index in [-0.39, 0.29) is 0 Å². The van der Waals surface area contributed by atoms with Gasteiger partial charge in [0.25, 0.3) is 5.22 Å². The van der Waals surface area contributed by atoms with Gasteiger partial charge in [-0.15, -0.1) is 0 Å². The van der Waals surface area contributed by atoms with Gasteiger partial charge in [0, 0.05) is 12.6 Å². The van der Waals surface area contributed by atoms with Crippen LogP contribution in [0.25, 0.3) is 0 Å². The number of oxazole rings is 1. The van der Waals surface area contributed by atoms with E-state index >= 15 is 0 Å². The topological polar surface area (TPSA) is 69.9 Å². The van der Waals surface area contributed by atoms with E-state index in [0.29, 0.717) is 11.8 Å². The fourth-order valence-corrected chi connectivity index (χ4v) is 2.51. The first-order valence-electron chi connectivity index (χ1n) is 5.02. The molecule has 0 radical (unpaired) electrons. The zero-order valence-corrected chi connectivity index (χ0v) is 10.1. The summed E-state index contributed by atoms with van der Waals surface area (Å²) in [4.78, 5) is 4.09. The summed E-state index contributed by atoms with van der Waals surface area (Å²) in [5.41, 5.74) is 7.79. The molecule has 5 nitrogen and oxygen atoms in total. The third-order valence-corrected chi connectivity index (χ3v) is 3.36. The van der Waals surface area contributed by atoms with Gasteiger partial charge in [0.1, 0.15) is 11.3 Å². The first-order valence-corrected chi connectivity index (χ1v) is 5.84. The van der Waals surface area contributed by atoms with Crippen LogP contribution in [0.3, 0.4) is 0 Å². The lowest BCUT2D eigenvalue weighted by Crippen LogP contribution is -2.04. The van der Waals surface area contributed by atoms with Gasteiger partial charge in [0.05, 0.1) is 11.9 Å². The number of nitrogens with two attached hydrogens (primary N) is 1. The van der Waals surface area contributed by atoms with Crippen molar-refractivity contribution in [2.24, 2.45) is 12.8 Å². The second-order valence-electron chi connectivity index (χ2n) is 3.43. The van der Waals surface area contributed by atoms with Crippen molar-refractivity contribution in [3.05, 3.63) is 23.7 Å². The van der Waals surface area contributed by atoms with Gasteiger partial charge in [0.2, 0.25) is 0 Å². The maximum atomic E-state index is 5.60. The zero-order valence-electron chi connectivity index (χ0n) is 9.30. The summed E-state index contributed by atoms with van der Waals surface area (Å²) in [7, 11) is 1.91. The lowest BCUT2D eigenvalue weighted by atomic mass is 10.2. The molecule has 2 rings (SSSR count). The highest BCUT2D eigenvalue weighted by molar-refractivity contribution is 7.99. The molecule has 0 spiro atoms. The average Bonchev–Trinajstić information content (AvgIpc) is 2.82. The molecule has 2 aromatic heterocycles. The first kappa shape index (κ1) is 11.2. The van der Waals surface area contributed by atoms with Crippen LogP contribution < -0.4 is 5.73 Å². The monoisotopic (exact) mass is 238 g/mol. The first-order chi connectivity index (χ1) is 7.72. The molecule has 16 heavy (non-hydrogen) atoms. The van der Waals surface area contributed by atoms with Gasteiger partial charge in [-0.25, -0.2) is 4.98 Å². The summed E-state index contributed by atoms with van der Waals surface area (Å²) in [6, 6.07) is 0. The second-order valence-corrected chi connectivity index (χ2v) is 4.37. The predicted molar refractivity (Wildman–Crippen MR) is 61.3 cm³/mol. The number of hydrogen-bond acceptors (Lipinski definition) is 5. The molecule has 86 valence electrons. The quantitative estimate of drug-likeness (QED) is 0.871. The Morgan fingerprint density at radius 1 is 1.56 bits per heavy atom. The van der Waals surface area contributed by atoms with E-state index in [9.17, 15) is 0 Å². The highest BCUT2D eigenvalue weighted by Gasteiger charge is 2.15. The van der Waals surface area contributed by atoms with Crippen LogP contribution in [-0.2, 0) is 13.5 Å². The Hall–Kier alpha value is -1.27. The SMILES string of the molecule is Cc1nn(C)c(Sc2ncco2)c1CCN. The number of aromatic nitrogens is 3. The Bertz CT molecular complexity index is 463. The largest absolute Gasteiger partial charge is 0.440 e. The van der Waals surface area contributed by atoms with Gasteiger partial charge in [-0.05, 0) is 31.7 Å². The van der Waals surface area contributed by atoms with E-state index in [2.05, 4.69) is 10.1 Å². The smallest absolute Gasteiger partial charge is 0.261 e. The molecule has 0 amide bonds. The van der Waals surface area contributed by atoms with E-state index in [1.807, 2.05) is 18.7 Å². The highest BCUT2D eigenvalue weighted by atomic mass is 32.2. The van der Waals surface area contributed by atoms with Gasteiger partial charge in [-0.1, -0.05) is 0 Å². The average molecular weight is 238 g/mol. The lowest BCUT2D eigenvalue weighted by Gasteiger charge is -2.02. The summed E-state index contributed by atoms with van der Waals surface area (Å²) in [5, 5.41) is 6.05. The van der Waals surface area contributed by atoms with Crippen LogP contribution in [0.15, 0.2) is 27.1 Å². The Morgan fingerprint density at radius 3 is 3.00 bits per heavy atom. The number of nitrogens with zero attached hydrogens (tertiary/aromatic N) is 3. The van der Waals surface area contributed by atoms with Crippen molar-refractivity contribution in [1.29, 1.82) is 0 Å². The normalized spacial score (nSPS) is 10.9. The molecule has 0 unspecified atom stereocenters. The molecule has 0 bridgehead atoms. The van der Waals surface area contributed by atoms with Crippen molar-refractivity contribution in [2.75, 3.05) is 6.54 Å². The van der Waals surface area contributed by atoms with E-state index in [1.54, 1.807) is 12.5 Å². The molecule has 0 aliphatic heterocycles. The lowest BCUT2D eigenvalue weighted by molar-refractivity contribution is 0.453. The van der Waals surface area contributed by atoms with Gasteiger partial charge >= 0.3 is 0 Å².